The summed E-state index contributed by atoms with van der Waals surface area (Å²) in [6.07, 6.45) is 0. The van der Waals surface area contributed by atoms with Gasteiger partial charge in [0, 0.05) is 5.69 Å². The molecule has 0 unspecified atom stereocenters. The highest BCUT2D eigenvalue weighted by Gasteiger charge is 2.27. The Balaban J connectivity index is 1.98. The van der Waals surface area contributed by atoms with Crippen LogP contribution in [-0.4, -0.2) is 20.9 Å². The first-order valence-electron chi connectivity index (χ1n) is 10.2. The van der Waals surface area contributed by atoms with E-state index in [9.17, 15) is 13.2 Å². The number of sulfonamides is 1. The molecule has 0 fully saturated rings. The largest absolute Gasteiger partial charge is 0.324 e. The fraction of sp³-hybridized carbons (Fsp3) is 0.240. The van der Waals surface area contributed by atoms with E-state index in [1.54, 1.807) is 36.4 Å². The number of amides is 1. The summed E-state index contributed by atoms with van der Waals surface area (Å²) in [4.78, 5) is 13.2. The Hall–Kier alpha value is -3.12. The van der Waals surface area contributed by atoms with Gasteiger partial charge >= 0.3 is 0 Å². The molecule has 3 aromatic rings. The second-order valence-electron chi connectivity index (χ2n) is 7.91. The molecule has 0 aromatic heterocycles. The number of nitrogens with zero attached hydrogens (tertiary/aromatic N) is 1. The van der Waals surface area contributed by atoms with Crippen LogP contribution in [0.4, 0.5) is 11.4 Å². The van der Waals surface area contributed by atoms with Gasteiger partial charge < -0.3 is 5.32 Å². The average molecular weight is 437 g/mol. The minimum atomic E-state index is -3.92. The van der Waals surface area contributed by atoms with E-state index in [0.717, 1.165) is 26.7 Å². The number of hydrogen-bond donors (Lipinski definition) is 1. The van der Waals surface area contributed by atoms with E-state index in [-0.39, 0.29) is 17.4 Å². The van der Waals surface area contributed by atoms with Crippen molar-refractivity contribution in [3.63, 3.8) is 0 Å². The van der Waals surface area contributed by atoms with Gasteiger partial charge in [-0.05, 0) is 60.7 Å². The minimum Gasteiger partial charge on any atom is -0.324 e. The topological polar surface area (TPSA) is 66.5 Å². The zero-order valence-corrected chi connectivity index (χ0v) is 19.1. The lowest BCUT2D eigenvalue weighted by molar-refractivity contribution is -0.114. The second kappa shape index (κ2) is 9.35. The maximum atomic E-state index is 13.4. The maximum absolute atomic E-state index is 13.4. The van der Waals surface area contributed by atoms with Gasteiger partial charge in [-0.1, -0.05) is 62.4 Å². The quantitative estimate of drug-likeness (QED) is 0.549. The normalized spacial score (nSPS) is 11.4. The Morgan fingerprint density at radius 1 is 0.935 bits per heavy atom. The van der Waals surface area contributed by atoms with Gasteiger partial charge in [-0.15, -0.1) is 0 Å². The van der Waals surface area contributed by atoms with Crippen LogP contribution in [0.25, 0.3) is 0 Å². The number of rotatable bonds is 7. The number of carbonyl (C=O) groups excluding carboxylic acids is 1. The Kier molecular flexibility index (Phi) is 6.81. The van der Waals surface area contributed by atoms with Crippen molar-refractivity contribution in [1.82, 2.24) is 0 Å². The predicted octanol–water partition coefficient (Wildman–Crippen LogP) is 5.26. The first-order valence-corrected chi connectivity index (χ1v) is 11.7. The van der Waals surface area contributed by atoms with Crippen LogP contribution in [-0.2, 0) is 14.8 Å². The molecule has 0 aliphatic carbocycles. The summed E-state index contributed by atoms with van der Waals surface area (Å²) in [5.41, 5.74) is 4.05. The van der Waals surface area contributed by atoms with Crippen LogP contribution in [0, 0.1) is 13.8 Å². The van der Waals surface area contributed by atoms with Crippen LogP contribution in [0.3, 0.4) is 0 Å². The molecule has 5 nitrogen and oxygen atoms in total. The molecule has 162 valence electrons. The molecule has 1 amide bonds. The number of anilines is 2. The zero-order chi connectivity index (χ0) is 22.6. The molecule has 31 heavy (non-hydrogen) atoms. The van der Waals surface area contributed by atoms with Gasteiger partial charge in [-0.3, -0.25) is 9.10 Å². The number of para-hydroxylation sites is 1. The fourth-order valence-electron chi connectivity index (χ4n) is 3.47. The number of nitrogens with one attached hydrogen (secondary N) is 1. The summed E-state index contributed by atoms with van der Waals surface area (Å²) >= 11 is 0. The molecule has 0 bridgehead atoms. The lowest BCUT2D eigenvalue weighted by Gasteiger charge is -2.25. The van der Waals surface area contributed by atoms with Gasteiger partial charge in [-0.2, -0.15) is 0 Å². The van der Waals surface area contributed by atoms with Crippen LogP contribution < -0.4 is 9.62 Å². The molecule has 0 aliphatic rings. The molecular weight excluding hydrogens is 408 g/mol. The molecule has 0 saturated heterocycles. The van der Waals surface area contributed by atoms with Crippen molar-refractivity contribution < 1.29 is 13.2 Å². The van der Waals surface area contributed by atoms with E-state index in [1.807, 2.05) is 38.1 Å². The second-order valence-corrected chi connectivity index (χ2v) is 9.77. The molecule has 3 aromatic carbocycles. The van der Waals surface area contributed by atoms with Gasteiger partial charge in [-0.25, -0.2) is 8.42 Å². The van der Waals surface area contributed by atoms with E-state index in [4.69, 9.17) is 0 Å². The predicted molar refractivity (Wildman–Crippen MR) is 126 cm³/mol. The van der Waals surface area contributed by atoms with Crippen LogP contribution in [0.1, 0.15) is 36.5 Å². The molecule has 0 atom stereocenters. The summed E-state index contributed by atoms with van der Waals surface area (Å²) in [6, 6.07) is 21.2. The van der Waals surface area contributed by atoms with Gasteiger partial charge in [0.2, 0.25) is 5.91 Å². The van der Waals surface area contributed by atoms with Crippen molar-refractivity contribution in [2.45, 2.75) is 38.5 Å². The van der Waals surface area contributed by atoms with Gasteiger partial charge in [0.1, 0.15) is 6.54 Å². The molecule has 0 saturated carbocycles. The van der Waals surface area contributed by atoms with E-state index in [0.29, 0.717) is 5.69 Å². The standard InChI is InChI=1S/C25H28N2O3S/c1-18(2)23-15-9-11-20(4)25(23)26-24(28)17-27(21-12-8-10-19(3)16-21)31(29,30)22-13-6-5-7-14-22/h5-16,18H,17H2,1-4H3,(H,26,28). The SMILES string of the molecule is Cc1cccc(N(CC(=O)Nc2c(C)cccc2C(C)C)S(=O)(=O)c2ccccc2)c1. The van der Waals surface area contributed by atoms with Gasteiger partial charge in [0.15, 0.2) is 0 Å². The molecule has 0 aliphatic heterocycles. The molecular formula is C25H28N2O3S. The van der Waals surface area contributed by atoms with E-state index in [2.05, 4.69) is 19.2 Å². The third kappa shape index (κ3) is 5.14. The minimum absolute atomic E-state index is 0.142. The highest BCUT2D eigenvalue weighted by atomic mass is 32.2. The van der Waals surface area contributed by atoms with Crippen molar-refractivity contribution in [3.05, 3.63) is 89.5 Å². The number of aryl methyl sites for hydroxylation is 2. The van der Waals surface area contributed by atoms with Crippen LogP contribution >= 0.6 is 0 Å². The summed E-state index contributed by atoms with van der Waals surface area (Å²) < 4.78 is 28.0. The summed E-state index contributed by atoms with van der Waals surface area (Å²) in [5.74, 6) is -0.173. The van der Waals surface area contributed by atoms with E-state index >= 15 is 0 Å². The molecule has 1 N–H and O–H groups in total. The summed E-state index contributed by atoms with van der Waals surface area (Å²) in [6.45, 7) is 7.61. The highest BCUT2D eigenvalue weighted by molar-refractivity contribution is 7.92. The fourth-order valence-corrected chi connectivity index (χ4v) is 4.90. The smallest absolute Gasteiger partial charge is 0.264 e. The monoisotopic (exact) mass is 436 g/mol. The van der Waals surface area contributed by atoms with Crippen molar-refractivity contribution in [1.29, 1.82) is 0 Å². The Bertz CT molecular complexity index is 1170. The Labute approximate surface area is 184 Å². The first kappa shape index (κ1) is 22.6. The molecule has 3 rings (SSSR count). The summed E-state index contributed by atoms with van der Waals surface area (Å²) in [5, 5.41) is 2.95. The van der Waals surface area contributed by atoms with Crippen molar-refractivity contribution in [2.24, 2.45) is 0 Å². The van der Waals surface area contributed by atoms with Gasteiger partial charge in [0.05, 0.1) is 10.6 Å². The zero-order valence-electron chi connectivity index (χ0n) is 18.3. The molecule has 6 heteroatoms. The lowest BCUT2D eigenvalue weighted by Crippen LogP contribution is -2.38. The molecule has 0 radical (unpaired) electrons. The maximum Gasteiger partial charge on any atom is 0.264 e. The Morgan fingerprint density at radius 3 is 2.26 bits per heavy atom. The van der Waals surface area contributed by atoms with Crippen molar-refractivity contribution in [2.75, 3.05) is 16.2 Å². The average Bonchev–Trinajstić information content (AvgIpc) is 2.73. The van der Waals surface area contributed by atoms with Crippen LogP contribution in [0.5, 0.6) is 0 Å². The first-order chi connectivity index (χ1) is 14.7. The Morgan fingerprint density at radius 2 is 1.61 bits per heavy atom. The molecule has 0 heterocycles. The number of hydrogen-bond acceptors (Lipinski definition) is 3. The van der Waals surface area contributed by atoms with Crippen molar-refractivity contribution in [3.8, 4) is 0 Å². The molecule has 0 spiro atoms. The van der Waals surface area contributed by atoms with E-state index < -0.39 is 15.9 Å². The third-order valence-corrected chi connectivity index (χ3v) is 6.89. The van der Waals surface area contributed by atoms with Crippen molar-refractivity contribution >= 4 is 27.3 Å². The number of carbonyl (C=O) groups is 1. The lowest BCUT2D eigenvalue weighted by atomic mass is 9.98. The van der Waals surface area contributed by atoms with E-state index in [1.165, 1.54) is 12.1 Å². The van der Waals surface area contributed by atoms with Crippen LogP contribution in [0.15, 0.2) is 77.7 Å². The van der Waals surface area contributed by atoms with Gasteiger partial charge in [0.25, 0.3) is 10.0 Å². The third-order valence-electron chi connectivity index (χ3n) is 5.10. The van der Waals surface area contributed by atoms with Crippen LogP contribution in [0.2, 0.25) is 0 Å². The number of benzene rings is 3. The summed E-state index contributed by atoms with van der Waals surface area (Å²) in [7, 11) is -3.92. The highest BCUT2D eigenvalue weighted by Crippen LogP contribution is 2.28.